The molecule has 2 aromatic rings. The lowest BCUT2D eigenvalue weighted by molar-refractivity contribution is -0.117. The highest BCUT2D eigenvalue weighted by atomic mass is 16.5. The van der Waals surface area contributed by atoms with Gasteiger partial charge in [0, 0.05) is 32.4 Å². The molecule has 0 aliphatic carbocycles. The van der Waals surface area contributed by atoms with Crippen LogP contribution in [0.5, 0.6) is 5.75 Å². The van der Waals surface area contributed by atoms with E-state index in [1.807, 2.05) is 31.2 Å². The van der Waals surface area contributed by atoms with Gasteiger partial charge in [-0.15, -0.1) is 0 Å². The molecule has 1 N–H and O–H groups in total. The summed E-state index contributed by atoms with van der Waals surface area (Å²) in [5, 5.41) is 2.86. The third-order valence-electron chi connectivity index (χ3n) is 4.39. The number of rotatable bonds is 7. The normalized spacial score (nSPS) is 14.6. The second-order valence-electron chi connectivity index (χ2n) is 6.37. The van der Waals surface area contributed by atoms with E-state index in [0.717, 1.165) is 17.7 Å². The fourth-order valence-electron chi connectivity index (χ4n) is 2.85. The monoisotopic (exact) mass is 380 g/mol. The van der Waals surface area contributed by atoms with Crippen LogP contribution in [0.25, 0.3) is 6.08 Å². The van der Waals surface area contributed by atoms with Gasteiger partial charge in [-0.25, -0.2) is 0 Å². The van der Waals surface area contributed by atoms with Crippen molar-refractivity contribution in [1.82, 2.24) is 5.32 Å². The number of hydrogen-bond acceptors (Lipinski definition) is 4. The van der Waals surface area contributed by atoms with Crippen molar-refractivity contribution in [3.63, 3.8) is 0 Å². The quantitative estimate of drug-likeness (QED) is 0.591. The Kier molecular flexibility index (Phi) is 6.45. The van der Waals surface area contributed by atoms with Crippen LogP contribution in [0.15, 0.2) is 54.3 Å². The van der Waals surface area contributed by atoms with Crippen LogP contribution in [0.3, 0.4) is 0 Å². The van der Waals surface area contributed by atoms with Gasteiger partial charge in [0.15, 0.2) is 11.5 Å². The van der Waals surface area contributed by atoms with Crippen LogP contribution in [-0.2, 0) is 9.53 Å². The van der Waals surface area contributed by atoms with Gasteiger partial charge in [-0.2, -0.15) is 0 Å². The van der Waals surface area contributed by atoms with Gasteiger partial charge in [0.25, 0.3) is 11.8 Å². The highest BCUT2D eigenvalue weighted by Gasteiger charge is 2.27. The van der Waals surface area contributed by atoms with Crippen molar-refractivity contribution in [2.75, 3.05) is 31.7 Å². The second-order valence-corrected chi connectivity index (χ2v) is 6.37. The first kappa shape index (κ1) is 19.6. The average molecular weight is 380 g/mol. The predicted molar refractivity (Wildman–Crippen MR) is 108 cm³/mol. The smallest absolute Gasteiger partial charge is 0.293 e. The molecule has 0 saturated carbocycles. The maximum absolute atomic E-state index is 12.5. The lowest BCUT2D eigenvalue weighted by Gasteiger charge is -2.27. The molecule has 0 atom stereocenters. The molecule has 1 aliphatic rings. The topological polar surface area (TPSA) is 67.9 Å². The van der Waals surface area contributed by atoms with E-state index in [1.54, 1.807) is 42.3 Å². The van der Waals surface area contributed by atoms with Crippen molar-refractivity contribution in [2.45, 2.75) is 13.3 Å². The van der Waals surface area contributed by atoms with E-state index >= 15 is 0 Å². The van der Waals surface area contributed by atoms with Crippen LogP contribution in [0.1, 0.15) is 29.3 Å². The maximum Gasteiger partial charge on any atom is 0.293 e. The lowest BCUT2D eigenvalue weighted by Crippen LogP contribution is -2.33. The van der Waals surface area contributed by atoms with E-state index in [4.69, 9.17) is 9.47 Å². The summed E-state index contributed by atoms with van der Waals surface area (Å²) in [4.78, 5) is 26.2. The van der Waals surface area contributed by atoms with Crippen LogP contribution < -0.4 is 15.0 Å². The Hall–Kier alpha value is -3.12. The molecule has 0 bridgehead atoms. The fraction of sp³-hybridized carbons (Fsp3) is 0.273. The summed E-state index contributed by atoms with van der Waals surface area (Å²) in [6, 6.07) is 14.4. The van der Waals surface area contributed by atoms with Gasteiger partial charge in [0.2, 0.25) is 0 Å². The first-order chi connectivity index (χ1) is 13.6. The summed E-state index contributed by atoms with van der Waals surface area (Å²) < 4.78 is 11.0. The number of nitrogens with zero attached hydrogens (tertiary/aromatic N) is 1. The summed E-state index contributed by atoms with van der Waals surface area (Å²) in [6.07, 6.45) is 2.46. The van der Waals surface area contributed by atoms with Gasteiger partial charge in [-0.1, -0.05) is 24.3 Å². The largest absolute Gasteiger partial charge is 0.449 e. The van der Waals surface area contributed by atoms with Crippen LogP contribution in [0.4, 0.5) is 5.69 Å². The minimum atomic E-state index is -0.213. The Balaban J connectivity index is 1.65. The van der Waals surface area contributed by atoms with Gasteiger partial charge < -0.3 is 19.7 Å². The van der Waals surface area contributed by atoms with Crippen molar-refractivity contribution in [1.29, 1.82) is 0 Å². The zero-order valence-corrected chi connectivity index (χ0v) is 16.1. The van der Waals surface area contributed by atoms with Crippen LogP contribution in [-0.4, -0.2) is 38.6 Å². The molecule has 2 amide bonds. The molecule has 146 valence electrons. The third-order valence-corrected chi connectivity index (χ3v) is 4.39. The summed E-state index contributed by atoms with van der Waals surface area (Å²) in [5.74, 6) is 0.539. The summed E-state index contributed by atoms with van der Waals surface area (Å²) >= 11 is 0. The SMILES string of the molecule is CCOCCCNC(=O)c1ccc(/C=C2\Oc3ccccc3N(C)C2=O)cc1. The molecule has 0 spiro atoms. The molecule has 2 aromatic carbocycles. The van der Waals surface area contributed by atoms with Gasteiger partial charge in [0.1, 0.15) is 0 Å². The highest BCUT2D eigenvalue weighted by molar-refractivity contribution is 6.09. The molecule has 6 heteroatoms. The highest BCUT2D eigenvalue weighted by Crippen LogP contribution is 2.34. The molecule has 0 aromatic heterocycles. The molecule has 1 aliphatic heterocycles. The number of fused-ring (bicyclic) bond motifs is 1. The number of hydrogen-bond donors (Lipinski definition) is 1. The Labute approximate surface area is 164 Å². The predicted octanol–water partition coefficient (Wildman–Crippen LogP) is 3.24. The van der Waals surface area contributed by atoms with Crippen molar-refractivity contribution < 1.29 is 19.1 Å². The Morgan fingerprint density at radius 1 is 1.18 bits per heavy atom. The van der Waals surface area contributed by atoms with Crippen LogP contribution in [0.2, 0.25) is 0 Å². The summed E-state index contributed by atoms with van der Waals surface area (Å²) in [7, 11) is 1.72. The summed E-state index contributed by atoms with van der Waals surface area (Å²) in [6.45, 7) is 3.82. The molecule has 0 fully saturated rings. The molecule has 1 heterocycles. The molecule has 0 radical (unpaired) electrons. The average Bonchev–Trinajstić information content (AvgIpc) is 2.72. The minimum absolute atomic E-state index is 0.130. The summed E-state index contributed by atoms with van der Waals surface area (Å²) in [5.41, 5.74) is 2.09. The number of amides is 2. The molecule has 28 heavy (non-hydrogen) atoms. The van der Waals surface area contributed by atoms with E-state index < -0.39 is 0 Å². The Morgan fingerprint density at radius 3 is 2.68 bits per heavy atom. The van der Waals surface area contributed by atoms with E-state index in [9.17, 15) is 9.59 Å². The fourth-order valence-corrected chi connectivity index (χ4v) is 2.85. The van der Waals surface area contributed by atoms with Gasteiger partial charge >= 0.3 is 0 Å². The number of carbonyl (C=O) groups is 2. The van der Waals surface area contributed by atoms with E-state index in [1.165, 1.54) is 0 Å². The molecule has 6 nitrogen and oxygen atoms in total. The number of ether oxygens (including phenoxy) is 2. The third kappa shape index (κ3) is 4.58. The first-order valence-corrected chi connectivity index (χ1v) is 9.33. The van der Waals surface area contributed by atoms with E-state index in [-0.39, 0.29) is 17.6 Å². The Bertz CT molecular complexity index is 874. The van der Waals surface area contributed by atoms with Crippen molar-refractivity contribution >= 4 is 23.6 Å². The number of carbonyl (C=O) groups excluding carboxylic acids is 2. The van der Waals surface area contributed by atoms with Crippen molar-refractivity contribution in [2.24, 2.45) is 0 Å². The lowest BCUT2D eigenvalue weighted by atomic mass is 10.1. The zero-order valence-electron chi connectivity index (χ0n) is 16.1. The van der Waals surface area contributed by atoms with Crippen molar-refractivity contribution in [3.8, 4) is 5.75 Å². The molecular weight excluding hydrogens is 356 g/mol. The van der Waals surface area contributed by atoms with Crippen LogP contribution >= 0.6 is 0 Å². The molecule has 3 rings (SSSR count). The van der Waals surface area contributed by atoms with Crippen LogP contribution in [0, 0.1) is 0 Å². The van der Waals surface area contributed by atoms with Crippen molar-refractivity contribution in [3.05, 3.63) is 65.4 Å². The zero-order chi connectivity index (χ0) is 19.9. The molecule has 0 unspecified atom stereocenters. The number of benzene rings is 2. The molecular formula is C22H24N2O4. The number of para-hydroxylation sites is 2. The first-order valence-electron chi connectivity index (χ1n) is 9.33. The maximum atomic E-state index is 12.5. The number of nitrogens with one attached hydrogen (secondary N) is 1. The van der Waals surface area contributed by atoms with E-state index in [0.29, 0.717) is 31.1 Å². The Morgan fingerprint density at radius 2 is 1.93 bits per heavy atom. The van der Waals surface area contributed by atoms with Gasteiger partial charge in [0.05, 0.1) is 5.69 Å². The minimum Gasteiger partial charge on any atom is -0.449 e. The standard InChI is InChI=1S/C22H24N2O4/c1-3-27-14-6-13-23-21(25)17-11-9-16(10-12-17)15-20-22(26)24(2)18-7-4-5-8-19(18)28-20/h4-5,7-12,15H,3,6,13-14H2,1-2H3,(H,23,25)/b20-15-. The number of anilines is 1. The number of likely N-dealkylation sites (N-methyl/N-ethyl adjacent to an activating group) is 1. The van der Waals surface area contributed by atoms with Gasteiger partial charge in [-0.3, -0.25) is 9.59 Å². The molecule has 0 saturated heterocycles. The van der Waals surface area contributed by atoms with Gasteiger partial charge in [-0.05, 0) is 49.2 Å². The second kappa shape index (κ2) is 9.19. The van der Waals surface area contributed by atoms with E-state index in [2.05, 4.69) is 5.32 Å².